The lowest BCUT2D eigenvalue weighted by Gasteiger charge is -2.08. The minimum atomic E-state index is -4.49. The standard InChI is InChI=1S/C15H11F3N4O2/c16-15(17,18)9-19-14(23)11-4-1-5-13-12(11)8-22(20-13)10-3-2-6-21(24)7-10/h1-8H,9H2,(H,19,23). The Balaban J connectivity index is 1.97. The van der Waals surface area contributed by atoms with Gasteiger partial charge in [0.2, 0.25) is 6.20 Å². The Labute approximate surface area is 133 Å². The van der Waals surface area contributed by atoms with E-state index in [2.05, 4.69) is 5.10 Å². The molecule has 0 aliphatic rings. The minimum Gasteiger partial charge on any atom is -0.619 e. The fraction of sp³-hybridized carbons (Fsp3) is 0.133. The molecule has 0 fully saturated rings. The molecule has 0 bridgehead atoms. The van der Waals surface area contributed by atoms with Crippen molar-refractivity contribution in [3.05, 3.63) is 59.7 Å². The Morgan fingerprint density at radius 1 is 1.29 bits per heavy atom. The van der Waals surface area contributed by atoms with E-state index in [1.165, 1.54) is 41.5 Å². The van der Waals surface area contributed by atoms with Crippen molar-refractivity contribution in [2.75, 3.05) is 6.54 Å². The number of halogens is 3. The van der Waals surface area contributed by atoms with Gasteiger partial charge in [0.1, 0.15) is 12.2 Å². The number of hydrogen-bond acceptors (Lipinski definition) is 3. The molecule has 124 valence electrons. The summed E-state index contributed by atoms with van der Waals surface area (Å²) in [6.07, 6.45) is -0.398. The van der Waals surface area contributed by atoms with E-state index in [-0.39, 0.29) is 5.56 Å². The van der Waals surface area contributed by atoms with Crippen molar-refractivity contribution >= 4 is 16.8 Å². The lowest BCUT2D eigenvalue weighted by molar-refractivity contribution is -0.605. The van der Waals surface area contributed by atoms with Crippen LogP contribution in [0.4, 0.5) is 13.2 Å². The number of rotatable bonds is 3. The van der Waals surface area contributed by atoms with Gasteiger partial charge in [0.25, 0.3) is 5.91 Å². The Bertz CT molecular complexity index is 905. The van der Waals surface area contributed by atoms with Gasteiger partial charge in [-0.3, -0.25) is 4.79 Å². The van der Waals surface area contributed by atoms with Gasteiger partial charge in [0.05, 0.1) is 11.1 Å². The molecule has 24 heavy (non-hydrogen) atoms. The molecule has 9 heteroatoms. The van der Waals surface area contributed by atoms with Crippen LogP contribution in [0.3, 0.4) is 0 Å². The second kappa shape index (κ2) is 5.84. The summed E-state index contributed by atoms with van der Waals surface area (Å²) in [5, 5.41) is 17.8. The Kier molecular flexibility index (Phi) is 3.84. The molecule has 1 aromatic carbocycles. The maximum Gasteiger partial charge on any atom is 0.405 e. The van der Waals surface area contributed by atoms with Gasteiger partial charge in [-0.25, -0.2) is 4.68 Å². The number of aromatic nitrogens is 3. The molecule has 0 aliphatic heterocycles. The molecule has 0 saturated heterocycles. The van der Waals surface area contributed by atoms with E-state index in [1.807, 2.05) is 5.32 Å². The quantitative estimate of drug-likeness (QED) is 0.587. The van der Waals surface area contributed by atoms with Crippen molar-refractivity contribution < 1.29 is 22.7 Å². The summed E-state index contributed by atoms with van der Waals surface area (Å²) in [6, 6.07) is 7.75. The first-order valence-electron chi connectivity index (χ1n) is 6.86. The number of carbonyl (C=O) groups is 1. The van der Waals surface area contributed by atoms with E-state index < -0.39 is 18.6 Å². The topological polar surface area (TPSA) is 73.9 Å². The normalized spacial score (nSPS) is 11.6. The van der Waals surface area contributed by atoms with Crippen molar-refractivity contribution in [2.24, 2.45) is 0 Å². The van der Waals surface area contributed by atoms with Crippen LogP contribution < -0.4 is 10.0 Å². The number of hydrogen-bond donors (Lipinski definition) is 1. The number of carbonyl (C=O) groups excluding carboxylic acids is 1. The summed E-state index contributed by atoms with van der Waals surface area (Å²) < 4.78 is 38.7. The molecule has 2 heterocycles. The second-order valence-electron chi connectivity index (χ2n) is 5.03. The first-order valence-corrected chi connectivity index (χ1v) is 6.86. The smallest absolute Gasteiger partial charge is 0.405 e. The zero-order valence-corrected chi connectivity index (χ0v) is 12.1. The Hall–Kier alpha value is -3.10. The van der Waals surface area contributed by atoms with Gasteiger partial charge in [0.15, 0.2) is 6.20 Å². The predicted octanol–water partition coefficient (Wildman–Crippen LogP) is 1.95. The van der Waals surface area contributed by atoms with E-state index in [4.69, 9.17) is 0 Å². The number of nitrogens with one attached hydrogen (secondary N) is 1. The average Bonchev–Trinajstić information content (AvgIpc) is 2.96. The third-order valence-corrected chi connectivity index (χ3v) is 3.27. The second-order valence-corrected chi connectivity index (χ2v) is 5.03. The van der Waals surface area contributed by atoms with Crippen LogP contribution in [0, 0.1) is 5.21 Å². The summed E-state index contributed by atoms with van der Waals surface area (Å²) in [5.41, 5.74) is 0.968. The van der Waals surface area contributed by atoms with Crippen LogP contribution in [0.15, 0.2) is 48.9 Å². The molecular weight excluding hydrogens is 325 g/mol. The largest absolute Gasteiger partial charge is 0.619 e. The van der Waals surface area contributed by atoms with E-state index in [9.17, 15) is 23.2 Å². The maximum atomic E-state index is 12.2. The van der Waals surface area contributed by atoms with Gasteiger partial charge >= 0.3 is 6.18 Å². The highest BCUT2D eigenvalue weighted by molar-refractivity contribution is 6.06. The van der Waals surface area contributed by atoms with E-state index >= 15 is 0 Å². The van der Waals surface area contributed by atoms with Crippen LogP contribution in [0.5, 0.6) is 0 Å². The molecule has 2 aromatic heterocycles. The predicted molar refractivity (Wildman–Crippen MR) is 78.4 cm³/mol. The number of nitrogens with zero attached hydrogens (tertiary/aromatic N) is 3. The van der Waals surface area contributed by atoms with Gasteiger partial charge < -0.3 is 10.5 Å². The zero-order chi connectivity index (χ0) is 17.3. The number of pyridine rings is 1. The highest BCUT2D eigenvalue weighted by atomic mass is 19.4. The summed E-state index contributed by atoms with van der Waals surface area (Å²) in [7, 11) is 0. The number of alkyl halides is 3. The average molecular weight is 336 g/mol. The molecule has 0 saturated carbocycles. The van der Waals surface area contributed by atoms with Crippen LogP contribution >= 0.6 is 0 Å². The molecule has 0 unspecified atom stereocenters. The van der Waals surface area contributed by atoms with Gasteiger partial charge in [-0.15, -0.1) is 0 Å². The SMILES string of the molecule is O=C(NCC(F)(F)F)c1cccc2nn(-c3ccc[n+]([O-])c3)cc12. The molecule has 0 atom stereocenters. The fourth-order valence-electron chi connectivity index (χ4n) is 2.23. The van der Waals surface area contributed by atoms with E-state index in [1.54, 1.807) is 12.1 Å². The molecule has 0 aliphatic carbocycles. The van der Waals surface area contributed by atoms with Crippen molar-refractivity contribution in [1.29, 1.82) is 0 Å². The molecular formula is C15H11F3N4O2. The molecule has 0 radical (unpaired) electrons. The van der Waals surface area contributed by atoms with Crippen LogP contribution in [0.25, 0.3) is 16.6 Å². The highest BCUT2D eigenvalue weighted by Crippen LogP contribution is 2.20. The fourth-order valence-corrected chi connectivity index (χ4v) is 2.23. The Morgan fingerprint density at radius 3 is 2.79 bits per heavy atom. The van der Waals surface area contributed by atoms with Gasteiger partial charge in [-0.2, -0.15) is 23.0 Å². The summed E-state index contributed by atoms with van der Waals surface area (Å²) in [4.78, 5) is 12.0. The van der Waals surface area contributed by atoms with Gasteiger partial charge in [0, 0.05) is 17.6 Å². The summed E-state index contributed by atoms with van der Waals surface area (Å²) >= 11 is 0. The van der Waals surface area contributed by atoms with Crippen LogP contribution in [0.2, 0.25) is 0 Å². The molecule has 3 rings (SSSR count). The Morgan fingerprint density at radius 2 is 2.08 bits per heavy atom. The molecule has 6 nitrogen and oxygen atoms in total. The molecule has 1 N–H and O–H groups in total. The van der Waals surface area contributed by atoms with Crippen LogP contribution in [-0.4, -0.2) is 28.4 Å². The van der Waals surface area contributed by atoms with Crippen molar-refractivity contribution in [2.45, 2.75) is 6.18 Å². The van der Waals surface area contributed by atoms with Crippen molar-refractivity contribution in [3.8, 4) is 5.69 Å². The zero-order valence-electron chi connectivity index (χ0n) is 12.1. The van der Waals surface area contributed by atoms with Gasteiger partial charge in [-0.1, -0.05) is 6.07 Å². The first-order chi connectivity index (χ1) is 11.3. The van der Waals surface area contributed by atoms with Crippen molar-refractivity contribution in [1.82, 2.24) is 15.1 Å². The first kappa shape index (κ1) is 15.8. The number of amides is 1. The van der Waals surface area contributed by atoms with Gasteiger partial charge in [-0.05, 0) is 18.2 Å². The minimum absolute atomic E-state index is 0.0777. The van der Waals surface area contributed by atoms with E-state index in [0.29, 0.717) is 21.3 Å². The third-order valence-electron chi connectivity index (χ3n) is 3.27. The summed E-state index contributed by atoms with van der Waals surface area (Å²) in [5.74, 6) is -0.843. The lowest BCUT2D eigenvalue weighted by Crippen LogP contribution is -2.33. The highest BCUT2D eigenvalue weighted by Gasteiger charge is 2.28. The number of fused-ring (bicyclic) bond motifs is 1. The molecule has 3 aromatic rings. The lowest BCUT2D eigenvalue weighted by atomic mass is 10.1. The van der Waals surface area contributed by atoms with Crippen molar-refractivity contribution in [3.63, 3.8) is 0 Å². The third kappa shape index (κ3) is 3.29. The maximum absolute atomic E-state index is 12.2. The monoisotopic (exact) mass is 336 g/mol. The van der Waals surface area contributed by atoms with Crippen LogP contribution in [-0.2, 0) is 0 Å². The number of benzene rings is 1. The van der Waals surface area contributed by atoms with Crippen LogP contribution in [0.1, 0.15) is 10.4 Å². The summed E-state index contributed by atoms with van der Waals surface area (Å²) in [6.45, 7) is -1.41. The van der Waals surface area contributed by atoms with E-state index in [0.717, 1.165) is 0 Å². The molecule has 1 amide bonds. The molecule has 0 spiro atoms.